The monoisotopic (exact) mass is 442 g/mol. The zero-order chi connectivity index (χ0) is 21.9. The lowest BCUT2D eigenvalue weighted by molar-refractivity contribution is -0.137. The molecular weight excluding hydrogens is 421 g/mol. The van der Waals surface area contributed by atoms with E-state index >= 15 is 0 Å². The van der Waals surface area contributed by atoms with Crippen LogP contribution in [-0.2, 0) is 16.0 Å². The van der Waals surface area contributed by atoms with E-state index in [2.05, 4.69) is 4.98 Å². The van der Waals surface area contributed by atoms with Crippen molar-refractivity contribution in [3.63, 3.8) is 0 Å². The second-order valence-corrected chi connectivity index (χ2v) is 9.29. The smallest absolute Gasteiger partial charge is 0.417 e. The highest BCUT2D eigenvalue weighted by atomic mass is 32.2. The van der Waals surface area contributed by atoms with Crippen LogP contribution < -0.4 is 4.74 Å². The standard InChI is InChI=1S/C20H21F3N2O4S/c1-2-10-25(16-9-11-30(27,28)13-16)19(26)14-3-6-17(7-4-14)29-18-8-5-15(12-24-18)20(21,22)23/h3-8,12,16H,2,9-11,13H2,1H3. The van der Waals surface area contributed by atoms with Gasteiger partial charge in [0.2, 0.25) is 5.88 Å². The van der Waals surface area contributed by atoms with Gasteiger partial charge in [-0.2, -0.15) is 13.2 Å². The van der Waals surface area contributed by atoms with E-state index in [4.69, 9.17) is 4.74 Å². The van der Waals surface area contributed by atoms with Crippen LogP contribution in [0.1, 0.15) is 35.7 Å². The van der Waals surface area contributed by atoms with Gasteiger partial charge in [0.25, 0.3) is 5.91 Å². The van der Waals surface area contributed by atoms with Crippen molar-refractivity contribution in [2.24, 2.45) is 0 Å². The first kappa shape index (κ1) is 22.1. The summed E-state index contributed by atoms with van der Waals surface area (Å²) in [5.41, 5.74) is -0.499. The van der Waals surface area contributed by atoms with Gasteiger partial charge in [-0.25, -0.2) is 13.4 Å². The van der Waals surface area contributed by atoms with Gasteiger partial charge in [0.15, 0.2) is 9.84 Å². The third-order valence-corrected chi connectivity index (χ3v) is 6.51. The first-order valence-corrected chi connectivity index (χ1v) is 11.2. The van der Waals surface area contributed by atoms with Crippen LogP contribution in [0, 0.1) is 0 Å². The summed E-state index contributed by atoms with van der Waals surface area (Å²) in [5, 5.41) is 0. The number of carbonyl (C=O) groups is 1. The summed E-state index contributed by atoms with van der Waals surface area (Å²) in [4.78, 5) is 18.1. The minimum atomic E-state index is -4.48. The highest BCUT2D eigenvalue weighted by Gasteiger charge is 2.34. The number of pyridine rings is 1. The fourth-order valence-electron chi connectivity index (χ4n) is 3.27. The Labute approximate surface area is 172 Å². The Morgan fingerprint density at radius 2 is 1.90 bits per heavy atom. The highest BCUT2D eigenvalue weighted by molar-refractivity contribution is 7.91. The van der Waals surface area contributed by atoms with Crippen LogP contribution in [0.2, 0.25) is 0 Å². The molecule has 162 valence electrons. The number of benzene rings is 1. The van der Waals surface area contributed by atoms with E-state index in [1.54, 1.807) is 4.90 Å². The average molecular weight is 442 g/mol. The summed E-state index contributed by atoms with van der Waals surface area (Å²) in [6, 6.07) is 7.75. The van der Waals surface area contributed by atoms with E-state index < -0.39 is 21.6 Å². The number of sulfone groups is 1. The van der Waals surface area contributed by atoms with Gasteiger partial charge < -0.3 is 9.64 Å². The number of rotatable bonds is 6. The first-order chi connectivity index (χ1) is 14.1. The molecule has 2 aromatic rings. The predicted octanol–water partition coefficient (Wildman–Crippen LogP) is 3.93. The highest BCUT2D eigenvalue weighted by Crippen LogP contribution is 2.30. The maximum absolute atomic E-state index is 12.9. The van der Waals surface area contributed by atoms with Crippen LogP contribution in [0.15, 0.2) is 42.6 Å². The van der Waals surface area contributed by atoms with Gasteiger partial charge in [-0.05, 0) is 43.2 Å². The second kappa shape index (κ2) is 8.63. The zero-order valence-electron chi connectivity index (χ0n) is 16.2. The number of ether oxygens (including phenoxy) is 1. The minimum absolute atomic E-state index is 0.00847. The third-order valence-electron chi connectivity index (χ3n) is 4.76. The molecule has 10 heteroatoms. The number of halogens is 3. The van der Waals surface area contributed by atoms with E-state index in [9.17, 15) is 26.4 Å². The van der Waals surface area contributed by atoms with Crippen molar-refractivity contribution in [1.82, 2.24) is 9.88 Å². The molecule has 1 aliphatic heterocycles. The molecule has 1 fully saturated rings. The molecule has 1 aromatic carbocycles. The molecule has 3 rings (SSSR count). The molecule has 1 aliphatic rings. The van der Waals surface area contributed by atoms with Gasteiger partial charge in [0, 0.05) is 30.4 Å². The fraction of sp³-hybridized carbons (Fsp3) is 0.400. The number of hydrogen-bond acceptors (Lipinski definition) is 5. The molecule has 1 aromatic heterocycles. The fourth-order valence-corrected chi connectivity index (χ4v) is 5.00. The van der Waals surface area contributed by atoms with Crippen molar-refractivity contribution >= 4 is 15.7 Å². The Balaban J connectivity index is 1.70. The molecule has 0 N–H and O–H groups in total. The van der Waals surface area contributed by atoms with Crippen LogP contribution >= 0.6 is 0 Å². The number of hydrogen-bond donors (Lipinski definition) is 0. The molecule has 2 heterocycles. The minimum Gasteiger partial charge on any atom is -0.439 e. The molecule has 1 unspecified atom stereocenters. The first-order valence-electron chi connectivity index (χ1n) is 9.41. The molecule has 0 radical (unpaired) electrons. The Morgan fingerprint density at radius 3 is 2.40 bits per heavy atom. The van der Waals surface area contributed by atoms with Crippen molar-refractivity contribution in [2.45, 2.75) is 32.0 Å². The lowest BCUT2D eigenvalue weighted by Gasteiger charge is -2.28. The van der Waals surface area contributed by atoms with Crippen molar-refractivity contribution in [1.29, 1.82) is 0 Å². The molecule has 6 nitrogen and oxygen atoms in total. The Hall–Kier alpha value is -2.62. The van der Waals surface area contributed by atoms with E-state index in [1.807, 2.05) is 6.92 Å². The van der Waals surface area contributed by atoms with Gasteiger partial charge >= 0.3 is 6.18 Å². The summed E-state index contributed by atoms with van der Waals surface area (Å²) in [5.74, 6) is 0.0886. The second-order valence-electron chi connectivity index (χ2n) is 7.06. The summed E-state index contributed by atoms with van der Waals surface area (Å²) in [7, 11) is -3.12. The number of alkyl halides is 3. The number of aromatic nitrogens is 1. The van der Waals surface area contributed by atoms with Crippen LogP contribution in [0.4, 0.5) is 13.2 Å². The Kier molecular flexibility index (Phi) is 6.35. The van der Waals surface area contributed by atoms with Crippen molar-refractivity contribution in [3.8, 4) is 11.6 Å². The zero-order valence-corrected chi connectivity index (χ0v) is 17.0. The van der Waals surface area contributed by atoms with Crippen LogP contribution in [0.25, 0.3) is 0 Å². The molecule has 0 saturated carbocycles. The summed E-state index contributed by atoms with van der Waals surface area (Å²) >= 11 is 0. The van der Waals surface area contributed by atoms with Crippen LogP contribution in [0.3, 0.4) is 0 Å². The molecule has 0 aliphatic carbocycles. The Bertz CT molecular complexity index is 990. The summed E-state index contributed by atoms with van der Waals surface area (Å²) in [6.07, 6.45) is -2.67. The summed E-state index contributed by atoms with van der Waals surface area (Å²) < 4.78 is 66.8. The quantitative estimate of drug-likeness (QED) is 0.678. The molecule has 1 amide bonds. The van der Waals surface area contributed by atoms with Crippen LogP contribution in [-0.4, -0.2) is 48.3 Å². The topological polar surface area (TPSA) is 76.6 Å². The predicted molar refractivity (Wildman–Crippen MR) is 104 cm³/mol. The van der Waals surface area contributed by atoms with Crippen LogP contribution in [0.5, 0.6) is 11.6 Å². The molecule has 30 heavy (non-hydrogen) atoms. The molecule has 0 bridgehead atoms. The molecule has 1 saturated heterocycles. The van der Waals surface area contributed by atoms with Crippen molar-refractivity contribution in [2.75, 3.05) is 18.1 Å². The normalized spacial score (nSPS) is 18.2. The van der Waals surface area contributed by atoms with E-state index in [1.165, 1.54) is 24.3 Å². The average Bonchev–Trinajstić information content (AvgIpc) is 3.05. The lowest BCUT2D eigenvalue weighted by atomic mass is 10.1. The van der Waals surface area contributed by atoms with E-state index in [-0.39, 0.29) is 29.3 Å². The lowest BCUT2D eigenvalue weighted by Crippen LogP contribution is -2.41. The number of carbonyl (C=O) groups excluding carboxylic acids is 1. The van der Waals surface area contributed by atoms with Gasteiger partial charge in [-0.1, -0.05) is 6.92 Å². The molecule has 0 spiro atoms. The number of amides is 1. The van der Waals surface area contributed by atoms with Gasteiger partial charge in [-0.15, -0.1) is 0 Å². The van der Waals surface area contributed by atoms with Crippen molar-refractivity contribution < 1.29 is 31.1 Å². The molecule has 1 atom stereocenters. The van der Waals surface area contributed by atoms with Crippen molar-refractivity contribution in [3.05, 3.63) is 53.7 Å². The van der Waals surface area contributed by atoms with Gasteiger partial charge in [0.1, 0.15) is 5.75 Å². The van der Waals surface area contributed by atoms with E-state index in [0.717, 1.165) is 12.1 Å². The van der Waals surface area contributed by atoms with Gasteiger partial charge in [-0.3, -0.25) is 4.79 Å². The van der Waals surface area contributed by atoms with Gasteiger partial charge in [0.05, 0.1) is 17.1 Å². The van der Waals surface area contributed by atoms with E-state index in [0.29, 0.717) is 36.9 Å². The number of nitrogens with zero attached hydrogens (tertiary/aromatic N) is 2. The maximum atomic E-state index is 12.9. The maximum Gasteiger partial charge on any atom is 0.417 e. The molecular formula is C20H21F3N2O4S. The summed E-state index contributed by atoms with van der Waals surface area (Å²) in [6.45, 7) is 2.37. The third kappa shape index (κ3) is 5.29. The SMILES string of the molecule is CCCN(C(=O)c1ccc(Oc2ccc(C(F)(F)F)cn2)cc1)C1CCS(=O)(=O)C1. The largest absolute Gasteiger partial charge is 0.439 e. The Morgan fingerprint density at radius 1 is 1.20 bits per heavy atom.